The summed E-state index contributed by atoms with van der Waals surface area (Å²) in [7, 11) is -3.60. The van der Waals surface area contributed by atoms with Crippen LogP contribution in [0.4, 0.5) is 13.9 Å². The molecule has 0 N–H and O–H groups in total. The summed E-state index contributed by atoms with van der Waals surface area (Å²) in [6.45, 7) is 1.01. The van der Waals surface area contributed by atoms with Crippen molar-refractivity contribution in [1.29, 1.82) is 0 Å². The van der Waals surface area contributed by atoms with Crippen molar-refractivity contribution in [3.8, 4) is 11.3 Å². The van der Waals surface area contributed by atoms with Gasteiger partial charge in [-0.25, -0.2) is 22.2 Å². The number of benzene rings is 2. The molecule has 0 bridgehead atoms. The van der Waals surface area contributed by atoms with Gasteiger partial charge in [0.15, 0.2) is 26.6 Å². The van der Waals surface area contributed by atoms with Gasteiger partial charge in [-0.15, -0.1) is 11.3 Å². The van der Waals surface area contributed by atoms with E-state index in [9.17, 15) is 17.2 Å². The summed E-state index contributed by atoms with van der Waals surface area (Å²) in [5.74, 6) is -1.83. The molecule has 1 fully saturated rings. The highest BCUT2D eigenvalue weighted by Gasteiger charge is 2.33. The van der Waals surface area contributed by atoms with E-state index in [0.717, 1.165) is 12.1 Å². The van der Waals surface area contributed by atoms with Gasteiger partial charge in [0, 0.05) is 29.1 Å². The predicted molar refractivity (Wildman–Crippen MR) is 116 cm³/mol. The van der Waals surface area contributed by atoms with E-state index in [4.69, 9.17) is 23.2 Å². The molecular weight excluding hydrogens is 473 g/mol. The normalized spacial score (nSPS) is 15.5. The van der Waals surface area contributed by atoms with Gasteiger partial charge >= 0.3 is 0 Å². The minimum Gasteiger partial charge on any atom is -0.348 e. The fourth-order valence-corrected chi connectivity index (χ4v) is 6.82. The molecule has 0 spiro atoms. The zero-order chi connectivity index (χ0) is 21.5. The summed E-state index contributed by atoms with van der Waals surface area (Å²) in [5, 5.41) is 2.42. The Morgan fingerprint density at radius 3 is 2.47 bits per heavy atom. The third kappa shape index (κ3) is 4.19. The molecule has 10 heteroatoms. The van der Waals surface area contributed by atoms with E-state index in [-0.39, 0.29) is 9.92 Å². The summed E-state index contributed by atoms with van der Waals surface area (Å²) >= 11 is 13.4. The molecule has 0 atom stereocenters. The Morgan fingerprint density at radius 1 is 1.03 bits per heavy atom. The fourth-order valence-electron chi connectivity index (χ4n) is 3.43. The van der Waals surface area contributed by atoms with E-state index >= 15 is 0 Å². The first-order valence-corrected chi connectivity index (χ1v) is 12.3. The highest BCUT2D eigenvalue weighted by molar-refractivity contribution is 7.92. The maximum atomic E-state index is 13.5. The van der Waals surface area contributed by atoms with Gasteiger partial charge in [0.1, 0.15) is 0 Å². The molecule has 2 aromatic carbocycles. The second kappa shape index (κ2) is 8.42. The lowest BCUT2D eigenvalue weighted by atomic mass is 10.1. The lowest BCUT2D eigenvalue weighted by molar-refractivity contribution is 0.509. The topological polar surface area (TPSA) is 50.3 Å². The summed E-state index contributed by atoms with van der Waals surface area (Å²) in [5.41, 5.74) is 1.04. The Balaban J connectivity index is 1.48. The van der Waals surface area contributed by atoms with Crippen LogP contribution < -0.4 is 4.90 Å². The number of hydrogen-bond donors (Lipinski definition) is 0. The van der Waals surface area contributed by atoms with Crippen LogP contribution in [-0.4, -0.2) is 31.7 Å². The minimum absolute atomic E-state index is 0.0602. The first kappa shape index (κ1) is 21.5. The number of rotatable bonds is 4. The van der Waals surface area contributed by atoms with Gasteiger partial charge in [0.05, 0.1) is 20.9 Å². The van der Waals surface area contributed by atoms with Gasteiger partial charge < -0.3 is 4.90 Å². The van der Waals surface area contributed by atoms with Gasteiger partial charge in [-0.1, -0.05) is 23.2 Å². The van der Waals surface area contributed by atoms with E-state index in [1.54, 1.807) is 11.4 Å². The van der Waals surface area contributed by atoms with Crippen LogP contribution in [0.25, 0.3) is 11.3 Å². The van der Waals surface area contributed by atoms with E-state index in [1.165, 1.54) is 29.5 Å². The molecule has 4 nitrogen and oxygen atoms in total. The molecule has 0 aliphatic carbocycles. The first-order valence-electron chi connectivity index (χ1n) is 9.10. The van der Waals surface area contributed by atoms with Crippen LogP contribution >= 0.6 is 34.5 Å². The molecular formula is C20H16Cl2F2N2O2S2. The number of piperidine rings is 1. The van der Waals surface area contributed by atoms with Crippen molar-refractivity contribution in [3.05, 3.63) is 63.5 Å². The molecule has 3 aromatic rings. The number of hydrogen-bond acceptors (Lipinski definition) is 5. The summed E-state index contributed by atoms with van der Waals surface area (Å²) in [4.78, 5) is 6.57. The molecule has 0 amide bonds. The van der Waals surface area contributed by atoms with Gasteiger partial charge in [0.25, 0.3) is 0 Å². The van der Waals surface area contributed by atoms with Crippen LogP contribution in [0.5, 0.6) is 0 Å². The van der Waals surface area contributed by atoms with Crippen LogP contribution in [0.3, 0.4) is 0 Å². The number of aromatic nitrogens is 1. The van der Waals surface area contributed by atoms with Crippen molar-refractivity contribution in [2.24, 2.45) is 0 Å². The molecule has 4 rings (SSSR count). The standard InChI is InChI=1S/C20H16Cl2F2N2O2S2/c21-13-2-3-15(22)19(10-13)30(27,28)14-5-7-26(8-6-14)20-25-18(11-29-20)12-1-4-16(23)17(24)9-12/h1-4,9-11,14H,5-8H2. The van der Waals surface area contributed by atoms with Crippen molar-refractivity contribution in [2.75, 3.05) is 18.0 Å². The largest absolute Gasteiger partial charge is 0.348 e. The van der Waals surface area contributed by atoms with Crippen molar-refractivity contribution in [2.45, 2.75) is 23.0 Å². The lowest BCUT2D eigenvalue weighted by Crippen LogP contribution is -2.39. The second-order valence-electron chi connectivity index (χ2n) is 6.95. The first-order chi connectivity index (χ1) is 14.3. The lowest BCUT2D eigenvalue weighted by Gasteiger charge is -2.31. The van der Waals surface area contributed by atoms with E-state index in [1.807, 2.05) is 4.90 Å². The number of halogens is 4. The predicted octanol–water partition coefficient (Wildman–Crippen LogP) is 5.84. The van der Waals surface area contributed by atoms with E-state index in [2.05, 4.69) is 4.98 Å². The molecule has 1 saturated heterocycles. The van der Waals surface area contributed by atoms with Crippen molar-refractivity contribution < 1.29 is 17.2 Å². The molecule has 30 heavy (non-hydrogen) atoms. The smallest absolute Gasteiger partial charge is 0.185 e. The molecule has 1 aromatic heterocycles. The molecule has 1 aliphatic heterocycles. The Labute approximate surface area is 187 Å². The van der Waals surface area contributed by atoms with E-state index in [0.29, 0.717) is 47.3 Å². The fraction of sp³-hybridized carbons (Fsp3) is 0.250. The summed E-state index contributed by atoms with van der Waals surface area (Å²) in [6, 6.07) is 8.09. The third-order valence-electron chi connectivity index (χ3n) is 5.06. The average Bonchev–Trinajstić information content (AvgIpc) is 3.22. The van der Waals surface area contributed by atoms with Crippen molar-refractivity contribution in [3.63, 3.8) is 0 Å². The Morgan fingerprint density at radius 2 is 1.77 bits per heavy atom. The molecule has 1 aliphatic rings. The van der Waals surface area contributed by atoms with Crippen molar-refractivity contribution in [1.82, 2.24) is 4.98 Å². The summed E-state index contributed by atoms with van der Waals surface area (Å²) in [6.07, 6.45) is 0.844. The molecule has 2 heterocycles. The maximum absolute atomic E-state index is 13.5. The van der Waals surface area contributed by atoms with Gasteiger partial charge in [0.2, 0.25) is 0 Å². The minimum atomic E-state index is -3.60. The van der Waals surface area contributed by atoms with Gasteiger partial charge in [-0.05, 0) is 49.2 Å². The molecule has 0 radical (unpaired) electrons. The maximum Gasteiger partial charge on any atom is 0.185 e. The number of thiazole rings is 1. The van der Waals surface area contributed by atoms with Gasteiger partial charge in [-0.3, -0.25) is 0 Å². The number of anilines is 1. The monoisotopic (exact) mass is 488 g/mol. The Hall–Kier alpha value is -1.74. The van der Waals surface area contributed by atoms with Crippen LogP contribution in [0.1, 0.15) is 12.8 Å². The van der Waals surface area contributed by atoms with Gasteiger partial charge in [-0.2, -0.15) is 0 Å². The zero-order valence-electron chi connectivity index (χ0n) is 15.5. The summed E-state index contributed by atoms with van der Waals surface area (Å²) < 4.78 is 52.7. The number of nitrogens with zero attached hydrogens (tertiary/aromatic N) is 2. The number of sulfone groups is 1. The van der Waals surface area contributed by atoms with Crippen LogP contribution in [-0.2, 0) is 9.84 Å². The van der Waals surface area contributed by atoms with Crippen LogP contribution in [0, 0.1) is 11.6 Å². The molecule has 0 saturated carbocycles. The molecule has 0 unspecified atom stereocenters. The zero-order valence-corrected chi connectivity index (χ0v) is 18.6. The Kier molecular flexibility index (Phi) is 6.03. The SMILES string of the molecule is O=S(=O)(c1cc(Cl)ccc1Cl)C1CCN(c2nc(-c3ccc(F)c(F)c3)cs2)CC1. The van der Waals surface area contributed by atoms with E-state index < -0.39 is 26.7 Å². The third-order valence-corrected chi connectivity index (χ3v) is 8.94. The van der Waals surface area contributed by atoms with Crippen LogP contribution in [0.2, 0.25) is 10.0 Å². The van der Waals surface area contributed by atoms with Crippen LogP contribution in [0.15, 0.2) is 46.7 Å². The average molecular weight is 489 g/mol. The van der Waals surface area contributed by atoms with Crippen molar-refractivity contribution >= 4 is 49.5 Å². The quantitative estimate of drug-likeness (QED) is 0.462. The highest BCUT2D eigenvalue weighted by atomic mass is 35.5. The molecule has 158 valence electrons. The highest BCUT2D eigenvalue weighted by Crippen LogP contribution is 2.34. The Bertz CT molecular complexity index is 1190. The second-order valence-corrected chi connectivity index (χ2v) is 10.8.